The second-order valence-electron chi connectivity index (χ2n) is 5.90. The van der Waals surface area contributed by atoms with E-state index in [-0.39, 0.29) is 6.61 Å². The van der Waals surface area contributed by atoms with Crippen molar-refractivity contribution >= 4 is 17.9 Å². The predicted octanol–water partition coefficient (Wildman–Crippen LogP) is 2.19. The lowest BCUT2D eigenvalue weighted by Crippen LogP contribution is -2.37. The molecule has 120 valence electrons. The van der Waals surface area contributed by atoms with Crippen molar-refractivity contribution in [3.63, 3.8) is 0 Å². The van der Waals surface area contributed by atoms with Gasteiger partial charge in [-0.15, -0.1) is 0 Å². The van der Waals surface area contributed by atoms with E-state index in [9.17, 15) is 9.90 Å². The number of carbonyl (C=O) groups excluding carboxylic acids is 1. The molecule has 2 atom stereocenters. The van der Waals surface area contributed by atoms with E-state index in [4.69, 9.17) is 4.74 Å². The summed E-state index contributed by atoms with van der Waals surface area (Å²) in [7, 11) is 0. The van der Waals surface area contributed by atoms with E-state index >= 15 is 0 Å². The van der Waals surface area contributed by atoms with Gasteiger partial charge >= 0.3 is 6.09 Å². The number of hydrogen-bond donors (Lipinski definition) is 2. The van der Waals surface area contributed by atoms with Crippen molar-refractivity contribution in [2.75, 3.05) is 12.9 Å². The zero-order valence-electron chi connectivity index (χ0n) is 13.3. The van der Waals surface area contributed by atoms with Crippen LogP contribution < -0.4 is 5.32 Å². The Morgan fingerprint density at radius 3 is 2.76 bits per heavy atom. The number of hydrogen-bond acceptors (Lipinski definition) is 5. The van der Waals surface area contributed by atoms with Crippen LogP contribution in [0.4, 0.5) is 4.79 Å². The number of aliphatic hydroxyl groups excluding tert-OH is 1. The third-order valence-electron chi connectivity index (χ3n) is 2.83. The Hall–Kier alpha value is -1.21. The zero-order chi connectivity index (χ0) is 16.0. The number of thioether (sulfide) groups is 1. The minimum atomic E-state index is -0.572. The van der Waals surface area contributed by atoms with Crippen LogP contribution in [0.15, 0.2) is 12.5 Å². The van der Waals surface area contributed by atoms with Gasteiger partial charge < -0.3 is 19.7 Å². The van der Waals surface area contributed by atoms with Gasteiger partial charge in [-0.25, -0.2) is 9.78 Å². The molecular formula is C14H25N3O3S. The van der Waals surface area contributed by atoms with Crippen molar-refractivity contribution < 1.29 is 14.6 Å². The number of aromatic nitrogens is 2. The molecule has 2 N–H and O–H groups in total. The molecule has 0 aromatic carbocycles. The molecule has 0 spiro atoms. The predicted molar refractivity (Wildman–Crippen MR) is 84.4 cm³/mol. The van der Waals surface area contributed by atoms with E-state index in [1.165, 1.54) is 0 Å². The number of carbonyl (C=O) groups is 1. The lowest BCUT2D eigenvalue weighted by atomic mass is 10.2. The van der Waals surface area contributed by atoms with Crippen LogP contribution in [0.2, 0.25) is 0 Å². The topological polar surface area (TPSA) is 76.4 Å². The van der Waals surface area contributed by atoms with E-state index < -0.39 is 17.7 Å². The summed E-state index contributed by atoms with van der Waals surface area (Å²) < 4.78 is 7.16. The number of ether oxygens (including phenoxy) is 1. The number of nitrogens with zero attached hydrogens (tertiary/aromatic N) is 2. The number of nitrogens with one attached hydrogen (secondary N) is 1. The maximum absolute atomic E-state index is 11.8. The van der Waals surface area contributed by atoms with Crippen LogP contribution >= 0.6 is 11.8 Å². The van der Waals surface area contributed by atoms with Gasteiger partial charge in [0.15, 0.2) is 0 Å². The summed E-state index contributed by atoms with van der Waals surface area (Å²) >= 11 is 1.75. The Kier molecular flexibility index (Phi) is 6.54. The molecule has 7 heteroatoms. The summed E-state index contributed by atoms with van der Waals surface area (Å²) in [5.74, 6) is 0. The smallest absolute Gasteiger partial charge is 0.408 e. The van der Waals surface area contributed by atoms with E-state index in [0.717, 1.165) is 12.2 Å². The molecule has 0 aliphatic rings. The quantitative estimate of drug-likeness (QED) is 0.841. The van der Waals surface area contributed by atoms with Crippen molar-refractivity contribution in [3.8, 4) is 0 Å². The van der Waals surface area contributed by atoms with Crippen molar-refractivity contribution in [2.45, 2.75) is 51.1 Å². The van der Waals surface area contributed by atoms with Crippen LogP contribution in [0.3, 0.4) is 0 Å². The third-order valence-corrected chi connectivity index (χ3v) is 3.79. The molecule has 1 aromatic heterocycles. The molecule has 1 rings (SSSR count). The van der Waals surface area contributed by atoms with Crippen molar-refractivity contribution in [1.82, 2.24) is 14.9 Å². The number of imidazole rings is 1. The van der Waals surface area contributed by atoms with Gasteiger partial charge in [0.05, 0.1) is 30.9 Å². The molecule has 1 amide bonds. The van der Waals surface area contributed by atoms with Gasteiger partial charge in [-0.2, -0.15) is 11.8 Å². The van der Waals surface area contributed by atoms with Gasteiger partial charge in [0.2, 0.25) is 0 Å². The average molecular weight is 315 g/mol. The maximum atomic E-state index is 11.8. The van der Waals surface area contributed by atoms with Gasteiger partial charge in [0.1, 0.15) is 5.60 Å². The van der Waals surface area contributed by atoms with Gasteiger partial charge in [0.25, 0.3) is 0 Å². The van der Waals surface area contributed by atoms with Crippen molar-refractivity contribution in [2.24, 2.45) is 0 Å². The normalized spacial score (nSPS) is 14.6. The first-order chi connectivity index (χ1) is 9.76. The van der Waals surface area contributed by atoms with Crippen LogP contribution in [0.1, 0.15) is 39.4 Å². The fourth-order valence-electron chi connectivity index (χ4n) is 1.79. The Morgan fingerprint density at radius 1 is 1.57 bits per heavy atom. The molecule has 1 heterocycles. The molecule has 0 fully saturated rings. The van der Waals surface area contributed by atoms with Crippen LogP contribution in [-0.2, 0) is 11.3 Å². The summed E-state index contributed by atoms with van der Waals surface area (Å²) in [6, 6.07) is -0.531. The number of alkyl carbamates (subject to hydrolysis) is 1. The third kappa shape index (κ3) is 5.97. The Balaban J connectivity index is 2.77. The summed E-state index contributed by atoms with van der Waals surface area (Å²) in [4.78, 5) is 15.9. The van der Waals surface area contributed by atoms with Gasteiger partial charge in [-0.3, -0.25) is 0 Å². The SMILES string of the molecule is CSC(C)Cn1cncc1C(CO)NC(=O)OC(C)(C)C. The minimum absolute atomic E-state index is 0.210. The van der Waals surface area contributed by atoms with Crippen LogP contribution in [-0.4, -0.2) is 44.5 Å². The number of amides is 1. The molecule has 0 aliphatic carbocycles. The Labute approximate surface area is 130 Å². The maximum Gasteiger partial charge on any atom is 0.408 e. The van der Waals surface area contributed by atoms with Crippen LogP contribution in [0.25, 0.3) is 0 Å². The first-order valence-corrected chi connectivity index (χ1v) is 8.18. The largest absolute Gasteiger partial charge is 0.444 e. The molecule has 0 bridgehead atoms. The Bertz CT molecular complexity index is 457. The second-order valence-corrected chi connectivity index (χ2v) is 7.17. The van der Waals surface area contributed by atoms with E-state index in [0.29, 0.717) is 5.25 Å². The van der Waals surface area contributed by atoms with Gasteiger partial charge in [-0.1, -0.05) is 6.92 Å². The fraction of sp³-hybridized carbons (Fsp3) is 0.714. The molecule has 0 saturated carbocycles. The van der Waals surface area contributed by atoms with Gasteiger partial charge in [-0.05, 0) is 27.0 Å². The summed E-state index contributed by atoms with van der Waals surface area (Å²) in [6.45, 7) is 8.06. The molecule has 2 unspecified atom stereocenters. The molecule has 21 heavy (non-hydrogen) atoms. The molecule has 0 radical (unpaired) electrons. The molecular weight excluding hydrogens is 290 g/mol. The fourth-order valence-corrected chi connectivity index (χ4v) is 2.10. The zero-order valence-corrected chi connectivity index (χ0v) is 14.1. The lowest BCUT2D eigenvalue weighted by molar-refractivity contribution is 0.0479. The van der Waals surface area contributed by atoms with E-state index in [2.05, 4.69) is 17.2 Å². The number of aliphatic hydroxyl groups is 1. The highest BCUT2D eigenvalue weighted by Crippen LogP contribution is 2.17. The highest BCUT2D eigenvalue weighted by Gasteiger charge is 2.22. The molecule has 6 nitrogen and oxygen atoms in total. The van der Waals surface area contributed by atoms with Gasteiger partial charge in [0, 0.05) is 11.8 Å². The van der Waals surface area contributed by atoms with Crippen molar-refractivity contribution in [3.05, 3.63) is 18.2 Å². The first-order valence-electron chi connectivity index (χ1n) is 6.90. The Morgan fingerprint density at radius 2 is 2.24 bits per heavy atom. The monoisotopic (exact) mass is 315 g/mol. The molecule has 0 saturated heterocycles. The number of rotatable bonds is 6. The molecule has 1 aromatic rings. The standard InChI is InChI=1S/C14H25N3O3S/c1-10(21-5)7-17-9-15-6-12(17)11(8-18)16-13(19)20-14(2,3)4/h6,9-11,18H,7-8H2,1-5H3,(H,16,19). The summed E-state index contributed by atoms with van der Waals surface area (Å²) in [6.07, 6.45) is 4.86. The second kappa shape index (κ2) is 7.70. The lowest BCUT2D eigenvalue weighted by Gasteiger charge is -2.23. The highest BCUT2D eigenvalue weighted by molar-refractivity contribution is 7.99. The first kappa shape index (κ1) is 17.8. The summed E-state index contributed by atoms with van der Waals surface area (Å²) in [5.41, 5.74) is 0.196. The van der Waals surface area contributed by atoms with Crippen LogP contribution in [0, 0.1) is 0 Å². The van der Waals surface area contributed by atoms with Crippen LogP contribution in [0.5, 0.6) is 0 Å². The average Bonchev–Trinajstić information content (AvgIpc) is 2.81. The van der Waals surface area contributed by atoms with E-state index in [1.807, 2.05) is 10.8 Å². The highest BCUT2D eigenvalue weighted by atomic mass is 32.2. The minimum Gasteiger partial charge on any atom is -0.444 e. The molecule has 0 aliphatic heterocycles. The van der Waals surface area contributed by atoms with E-state index in [1.54, 1.807) is 45.1 Å². The van der Waals surface area contributed by atoms with Crippen molar-refractivity contribution in [1.29, 1.82) is 0 Å². The summed E-state index contributed by atoms with van der Waals surface area (Å²) in [5, 5.41) is 12.6.